The predicted octanol–water partition coefficient (Wildman–Crippen LogP) is -0.593. The Morgan fingerprint density at radius 3 is 2.02 bits per heavy atom. The lowest BCUT2D eigenvalue weighted by atomic mass is 9.45. The summed E-state index contributed by atoms with van der Waals surface area (Å²) >= 11 is 0. The number of carbonyl (C=O) groups is 7. The van der Waals surface area contributed by atoms with Crippen LogP contribution in [0.25, 0.3) is 0 Å². The minimum atomic E-state index is -2.89. The Hall–Kier alpha value is -4.72. The van der Waals surface area contributed by atoms with Gasteiger partial charge in [0.2, 0.25) is 0 Å². The molecule has 3 N–H and O–H groups in total. The van der Waals surface area contributed by atoms with E-state index in [1.54, 1.807) is 0 Å². The Balaban J connectivity index is 1.95. The van der Waals surface area contributed by atoms with Crippen LogP contribution in [-0.2, 0) is 73.1 Å². The van der Waals surface area contributed by atoms with Gasteiger partial charge in [-0.2, -0.15) is 0 Å². The third kappa shape index (κ3) is 6.69. The van der Waals surface area contributed by atoms with Crippen LogP contribution >= 0.6 is 0 Å². The molecule has 0 radical (unpaired) electrons. The van der Waals surface area contributed by atoms with Crippen LogP contribution in [0.2, 0.25) is 0 Å². The minimum Gasteiger partial charge on any atom is -0.465 e. The zero-order valence-corrected chi connectivity index (χ0v) is 31.5. The number of aryl methyl sites for hydroxylation is 1. The maximum Gasteiger partial charge on any atom is 0.340 e. The third-order valence-corrected chi connectivity index (χ3v) is 10.9. The van der Waals surface area contributed by atoms with Gasteiger partial charge in [0.15, 0.2) is 23.4 Å². The van der Waals surface area contributed by atoms with Gasteiger partial charge in [-0.25, -0.2) is 9.59 Å². The van der Waals surface area contributed by atoms with Gasteiger partial charge in [-0.3, -0.25) is 29.0 Å². The number of hydrogen-bond acceptors (Lipinski definition) is 19. The van der Waals surface area contributed by atoms with E-state index in [9.17, 15) is 48.9 Å². The summed E-state index contributed by atoms with van der Waals surface area (Å²) in [6.07, 6.45) is -11.7. The number of fused-ring (bicyclic) bond motifs is 5. The van der Waals surface area contributed by atoms with Crippen molar-refractivity contribution in [3.63, 3.8) is 0 Å². The van der Waals surface area contributed by atoms with E-state index in [1.165, 1.54) is 25.3 Å². The molecule has 19 heteroatoms. The van der Waals surface area contributed by atoms with Gasteiger partial charge in [0.1, 0.15) is 54.2 Å². The second-order valence-corrected chi connectivity index (χ2v) is 15.0. The number of aromatic nitrogens is 1. The standard InChI is InChI=1S/C36H45NO18/c1-16(38)48-15-35-28(52-19(4)41)24(43)27-34(8,47)36(35)26(51-18(3)40)23(25(50-17(2)39)29(35)53-20(5)42)33(7,55-36)14-49-30(44)21-10-9-13-37-22(21)11-12-32(6,46)31(45)54-27/h9-10,13,23-29,43,46-47H,11-12,14-15H2,1-8H3/t23-,24+,25-,26+,27+,28+,29-,32-,33+,34+,35+,36+/m1/s1. The Bertz CT molecular complexity index is 1780. The van der Waals surface area contributed by atoms with Crippen LogP contribution in [0, 0.1) is 11.3 Å². The van der Waals surface area contributed by atoms with Gasteiger partial charge in [-0.15, -0.1) is 0 Å². The molecule has 4 bridgehead atoms. The summed E-state index contributed by atoms with van der Waals surface area (Å²) < 4.78 is 47.4. The van der Waals surface area contributed by atoms with Crippen molar-refractivity contribution in [2.75, 3.05) is 13.2 Å². The second-order valence-electron chi connectivity index (χ2n) is 15.0. The van der Waals surface area contributed by atoms with Gasteiger partial charge < -0.3 is 53.2 Å². The molecule has 3 heterocycles. The van der Waals surface area contributed by atoms with Gasteiger partial charge in [0.25, 0.3) is 0 Å². The molecule has 1 aromatic rings. The molecule has 1 spiro atoms. The average molecular weight is 780 g/mol. The van der Waals surface area contributed by atoms with Gasteiger partial charge in [0, 0.05) is 40.8 Å². The van der Waals surface area contributed by atoms with Crippen molar-refractivity contribution in [1.29, 1.82) is 0 Å². The van der Waals surface area contributed by atoms with E-state index in [-0.39, 0.29) is 17.7 Å². The van der Waals surface area contributed by atoms with Crippen LogP contribution < -0.4 is 0 Å². The molecule has 2 saturated carbocycles. The quantitative estimate of drug-likeness (QED) is 0.240. The first-order valence-corrected chi connectivity index (χ1v) is 17.4. The summed E-state index contributed by atoms with van der Waals surface area (Å²) in [4.78, 5) is 96.7. The SMILES string of the molecule is CC(=O)OC[C@]12[C@H](OC(C)=O)[C@H](OC(C)=O)[C@@H]3[C@H](OC(C)=O)[C@@]14O[C@@]3(C)COC(=O)c1cccnc1CC[C@@](C)(O)C(=O)O[C@@H]([C@H](O)[C@@H]2OC(C)=O)[C@]4(C)O. The number of hydrogen-bond donors (Lipinski definition) is 3. The molecule has 0 aromatic carbocycles. The summed E-state index contributed by atoms with van der Waals surface area (Å²) in [5.41, 5.74) is -12.7. The third-order valence-electron chi connectivity index (χ3n) is 10.9. The molecular weight excluding hydrogens is 734 g/mol. The average Bonchev–Trinajstić information content (AvgIpc) is 3.29. The first-order chi connectivity index (χ1) is 25.5. The Morgan fingerprint density at radius 2 is 1.44 bits per heavy atom. The molecule has 4 aliphatic rings. The highest BCUT2D eigenvalue weighted by molar-refractivity contribution is 5.90. The van der Waals surface area contributed by atoms with Crippen molar-refractivity contribution in [2.45, 2.75) is 127 Å². The number of rotatable bonds is 6. The first kappa shape index (κ1) is 41.4. The molecule has 2 aliphatic heterocycles. The number of aliphatic hydroxyl groups excluding tert-OH is 1. The van der Waals surface area contributed by atoms with Gasteiger partial charge in [0.05, 0.1) is 17.2 Å². The fourth-order valence-electron chi connectivity index (χ4n) is 8.87. The predicted molar refractivity (Wildman–Crippen MR) is 177 cm³/mol. The molecule has 19 nitrogen and oxygen atoms in total. The van der Waals surface area contributed by atoms with Crippen LogP contribution in [0.4, 0.5) is 0 Å². The summed E-state index contributed by atoms with van der Waals surface area (Å²) in [7, 11) is 0. The first-order valence-electron chi connectivity index (χ1n) is 17.4. The fraction of sp³-hybridized carbons (Fsp3) is 0.667. The summed E-state index contributed by atoms with van der Waals surface area (Å²) in [5, 5.41) is 36.8. The highest BCUT2D eigenvalue weighted by Crippen LogP contribution is 2.70. The van der Waals surface area contributed by atoms with Gasteiger partial charge >= 0.3 is 41.8 Å². The molecule has 3 fully saturated rings. The molecular formula is C36H45NO18. The van der Waals surface area contributed by atoms with Crippen molar-refractivity contribution < 1.29 is 86.8 Å². The van der Waals surface area contributed by atoms with Crippen LogP contribution in [0.5, 0.6) is 0 Å². The topological polar surface area (TPSA) is 267 Å². The normalized spacial score (nSPS) is 39.5. The fourth-order valence-corrected chi connectivity index (χ4v) is 8.87. The van der Waals surface area contributed by atoms with Crippen molar-refractivity contribution in [3.05, 3.63) is 29.6 Å². The smallest absolute Gasteiger partial charge is 0.340 e. The highest BCUT2D eigenvalue weighted by Gasteiger charge is 2.91. The largest absolute Gasteiger partial charge is 0.465 e. The molecule has 0 unspecified atom stereocenters. The van der Waals surface area contributed by atoms with Crippen LogP contribution in [0.15, 0.2) is 18.3 Å². The lowest BCUT2D eigenvalue weighted by Crippen LogP contribution is -2.89. The lowest BCUT2D eigenvalue weighted by Gasteiger charge is -2.67. The number of nitrogens with zero attached hydrogens (tertiary/aromatic N) is 1. The zero-order chi connectivity index (χ0) is 41.1. The van der Waals surface area contributed by atoms with Crippen LogP contribution in [0.3, 0.4) is 0 Å². The van der Waals surface area contributed by atoms with Crippen molar-refractivity contribution >= 4 is 41.8 Å². The van der Waals surface area contributed by atoms with Gasteiger partial charge in [-0.05, 0) is 45.7 Å². The molecule has 2 aliphatic carbocycles. The summed E-state index contributed by atoms with van der Waals surface area (Å²) in [6, 6.07) is 2.82. The summed E-state index contributed by atoms with van der Waals surface area (Å²) in [6.45, 7) is 6.46. The maximum atomic E-state index is 13.9. The van der Waals surface area contributed by atoms with E-state index < -0.39 is 132 Å². The Kier molecular flexibility index (Phi) is 10.9. The van der Waals surface area contributed by atoms with E-state index in [1.807, 2.05) is 0 Å². The number of cyclic esters (lactones) is 1. The minimum absolute atomic E-state index is 0.0737. The monoisotopic (exact) mass is 779 g/mol. The molecule has 5 rings (SSSR count). The van der Waals surface area contributed by atoms with E-state index in [0.29, 0.717) is 0 Å². The molecule has 55 heavy (non-hydrogen) atoms. The number of carbonyl (C=O) groups excluding carboxylic acids is 7. The highest BCUT2D eigenvalue weighted by atomic mass is 16.7. The van der Waals surface area contributed by atoms with Gasteiger partial charge in [-0.1, -0.05) is 0 Å². The zero-order valence-electron chi connectivity index (χ0n) is 31.5. The Labute approximate surface area is 314 Å². The van der Waals surface area contributed by atoms with E-state index in [4.69, 9.17) is 37.9 Å². The number of pyridine rings is 1. The molecule has 1 saturated heterocycles. The van der Waals surface area contributed by atoms with Crippen molar-refractivity contribution in [2.24, 2.45) is 11.3 Å². The van der Waals surface area contributed by atoms with E-state index in [2.05, 4.69) is 4.98 Å². The molecule has 12 atom stereocenters. The number of ether oxygens (including phenoxy) is 8. The summed E-state index contributed by atoms with van der Waals surface area (Å²) in [5.74, 6) is -9.11. The van der Waals surface area contributed by atoms with Crippen molar-refractivity contribution in [3.8, 4) is 0 Å². The molecule has 1 aromatic heterocycles. The maximum absolute atomic E-state index is 13.9. The van der Waals surface area contributed by atoms with Crippen LogP contribution in [-0.4, -0.2) is 134 Å². The van der Waals surface area contributed by atoms with E-state index >= 15 is 0 Å². The van der Waals surface area contributed by atoms with E-state index in [0.717, 1.165) is 48.5 Å². The number of esters is 7. The van der Waals surface area contributed by atoms with Crippen LogP contribution in [0.1, 0.15) is 77.9 Å². The number of aliphatic hydroxyl groups is 3. The second kappa shape index (κ2) is 14.4. The lowest BCUT2D eigenvalue weighted by molar-refractivity contribution is -0.387. The van der Waals surface area contributed by atoms with Crippen molar-refractivity contribution in [1.82, 2.24) is 4.98 Å². The molecule has 0 amide bonds. The molecule has 302 valence electrons. The Morgan fingerprint density at radius 1 is 0.855 bits per heavy atom.